The average Bonchev–Trinajstić information content (AvgIpc) is 3.07. The molecule has 2 aromatic rings. The van der Waals surface area contributed by atoms with Crippen LogP contribution < -0.4 is 5.32 Å². The molecule has 1 saturated heterocycles. The van der Waals surface area contributed by atoms with Gasteiger partial charge in [0.25, 0.3) is 5.91 Å². The van der Waals surface area contributed by atoms with Gasteiger partial charge in [-0.05, 0) is 31.9 Å². The van der Waals surface area contributed by atoms with Crippen LogP contribution in [-0.2, 0) is 4.79 Å². The highest BCUT2D eigenvalue weighted by atomic mass is 16.2. The maximum absolute atomic E-state index is 12.7. The first-order chi connectivity index (χ1) is 12.6. The van der Waals surface area contributed by atoms with E-state index in [0.29, 0.717) is 24.7 Å². The van der Waals surface area contributed by atoms with E-state index in [2.05, 4.69) is 15.5 Å². The minimum Gasteiger partial charge on any atom is -0.346 e. The van der Waals surface area contributed by atoms with Gasteiger partial charge in [0.1, 0.15) is 0 Å². The van der Waals surface area contributed by atoms with Crippen LogP contribution in [0.2, 0.25) is 0 Å². The Morgan fingerprint density at radius 3 is 2.77 bits per heavy atom. The second-order valence-corrected chi connectivity index (χ2v) is 7.69. The third-order valence-corrected chi connectivity index (χ3v) is 5.69. The molecule has 1 aliphatic heterocycles. The molecule has 1 atom stereocenters. The summed E-state index contributed by atoms with van der Waals surface area (Å²) in [5.41, 5.74) is 2.34. The van der Waals surface area contributed by atoms with Crippen molar-refractivity contribution in [3.63, 3.8) is 0 Å². The third-order valence-electron chi connectivity index (χ3n) is 5.69. The van der Waals surface area contributed by atoms with E-state index in [1.54, 1.807) is 0 Å². The van der Waals surface area contributed by atoms with Gasteiger partial charge in [0.05, 0.1) is 11.6 Å². The summed E-state index contributed by atoms with van der Waals surface area (Å²) < 4.78 is 0. The Bertz CT molecular complexity index is 820. The quantitative estimate of drug-likeness (QED) is 0.832. The topological polar surface area (TPSA) is 78.1 Å². The predicted molar refractivity (Wildman–Crippen MR) is 99.9 cm³/mol. The normalized spacial score (nSPS) is 22.0. The number of rotatable bonds is 3. The molecule has 0 unspecified atom stereocenters. The third kappa shape index (κ3) is 3.32. The fourth-order valence-corrected chi connectivity index (χ4v) is 4.31. The number of aromatic amines is 1. The van der Waals surface area contributed by atoms with Gasteiger partial charge in [-0.3, -0.25) is 14.7 Å². The number of carbonyl (C=O) groups is 2. The average molecular weight is 354 g/mol. The van der Waals surface area contributed by atoms with Crippen LogP contribution >= 0.6 is 0 Å². The molecule has 0 bridgehead atoms. The van der Waals surface area contributed by atoms with Gasteiger partial charge in [0.15, 0.2) is 5.69 Å². The lowest BCUT2D eigenvalue weighted by atomic mass is 10.1. The van der Waals surface area contributed by atoms with Crippen molar-refractivity contribution in [1.29, 1.82) is 0 Å². The van der Waals surface area contributed by atoms with Crippen LogP contribution in [0.4, 0.5) is 0 Å². The number of hydrogen-bond acceptors (Lipinski definition) is 3. The van der Waals surface area contributed by atoms with Crippen molar-refractivity contribution in [3.8, 4) is 0 Å². The molecule has 26 heavy (non-hydrogen) atoms. The first kappa shape index (κ1) is 17.1. The highest BCUT2D eigenvalue weighted by Gasteiger charge is 2.35. The van der Waals surface area contributed by atoms with Crippen molar-refractivity contribution < 1.29 is 9.59 Å². The molecule has 6 heteroatoms. The Balaban J connectivity index is 1.44. The van der Waals surface area contributed by atoms with Crippen LogP contribution in [0.3, 0.4) is 0 Å². The number of fused-ring (bicyclic) bond motifs is 1. The Hall–Kier alpha value is -2.37. The molecule has 138 valence electrons. The Kier molecular flexibility index (Phi) is 4.66. The number of carbonyl (C=O) groups excluding carboxylic acids is 2. The minimum absolute atomic E-state index is 0.130. The first-order valence-corrected chi connectivity index (χ1v) is 9.67. The Labute approximate surface area is 153 Å². The molecule has 0 radical (unpaired) electrons. The molecule has 1 aliphatic carbocycles. The first-order valence-electron chi connectivity index (χ1n) is 9.67. The lowest BCUT2D eigenvalue weighted by Gasteiger charge is -2.27. The molecule has 2 fully saturated rings. The Morgan fingerprint density at radius 1 is 1.23 bits per heavy atom. The number of aryl methyl sites for hydroxylation is 1. The summed E-state index contributed by atoms with van der Waals surface area (Å²) in [5.74, 6) is -0.0349. The highest BCUT2D eigenvalue weighted by Crippen LogP contribution is 2.26. The van der Waals surface area contributed by atoms with Gasteiger partial charge < -0.3 is 10.2 Å². The number of amides is 2. The molecule has 1 saturated carbocycles. The van der Waals surface area contributed by atoms with Gasteiger partial charge >= 0.3 is 0 Å². The van der Waals surface area contributed by atoms with Gasteiger partial charge in [-0.2, -0.15) is 5.10 Å². The number of benzene rings is 1. The summed E-state index contributed by atoms with van der Waals surface area (Å²) in [4.78, 5) is 27.2. The van der Waals surface area contributed by atoms with E-state index < -0.39 is 0 Å². The molecule has 0 spiro atoms. The van der Waals surface area contributed by atoms with Crippen LogP contribution in [0, 0.1) is 6.92 Å². The summed E-state index contributed by atoms with van der Waals surface area (Å²) in [6, 6.07) is 6.10. The summed E-state index contributed by atoms with van der Waals surface area (Å²) >= 11 is 0. The van der Waals surface area contributed by atoms with Crippen molar-refractivity contribution in [2.75, 3.05) is 6.54 Å². The Morgan fingerprint density at radius 2 is 2.00 bits per heavy atom. The molecular weight excluding hydrogens is 328 g/mol. The maximum Gasteiger partial charge on any atom is 0.272 e. The van der Waals surface area contributed by atoms with Crippen molar-refractivity contribution in [3.05, 3.63) is 29.5 Å². The van der Waals surface area contributed by atoms with Crippen LogP contribution in [0.5, 0.6) is 0 Å². The lowest BCUT2D eigenvalue weighted by molar-refractivity contribution is -0.129. The second kappa shape index (κ2) is 7.09. The molecule has 6 nitrogen and oxygen atoms in total. The molecule has 2 aliphatic rings. The van der Waals surface area contributed by atoms with Crippen LogP contribution in [0.15, 0.2) is 18.2 Å². The molecule has 2 amide bonds. The van der Waals surface area contributed by atoms with E-state index in [4.69, 9.17) is 0 Å². The number of nitrogens with one attached hydrogen (secondary N) is 2. The molecule has 1 aromatic heterocycles. The highest BCUT2D eigenvalue weighted by molar-refractivity contribution is 6.05. The van der Waals surface area contributed by atoms with Crippen molar-refractivity contribution >= 4 is 22.7 Å². The van der Waals surface area contributed by atoms with Crippen molar-refractivity contribution in [2.24, 2.45) is 0 Å². The van der Waals surface area contributed by atoms with Gasteiger partial charge in [0, 0.05) is 24.4 Å². The zero-order chi connectivity index (χ0) is 18.1. The molecule has 2 N–H and O–H groups in total. The standard InChI is InChI=1S/C20H26N4O2/c1-13-8-9-17-16(10-13)19(23-22-17)20(26)21-14-11-18(25)24(12-14)15-6-4-2-3-5-7-15/h8-10,14-15H,2-7,11-12H2,1H3,(H,21,26)(H,22,23)/t14-/m1/s1. The van der Waals surface area contributed by atoms with E-state index in [-0.39, 0.29) is 17.9 Å². The summed E-state index contributed by atoms with van der Waals surface area (Å²) in [6.45, 7) is 2.62. The SMILES string of the molecule is Cc1ccc2[nH]nc(C(=O)N[C@@H]3CC(=O)N(C4CCCCCC4)C3)c2c1. The van der Waals surface area contributed by atoms with Crippen molar-refractivity contribution in [1.82, 2.24) is 20.4 Å². The van der Waals surface area contributed by atoms with Crippen molar-refractivity contribution in [2.45, 2.75) is 64.0 Å². The summed E-state index contributed by atoms with van der Waals surface area (Å²) in [6.07, 6.45) is 7.51. The molecule has 2 heterocycles. The van der Waals surface area contributed by atoms with E-state index >= 15 is 0 Å². The second-order valence-electron chi connectivity index (χ2n) is 7.69. The molecule has 4 rings (SSSR count). The number of aromatic nitrogens is 2. The fourth-order valence-electron chi connectivity index (χ4n) is 4.31. The number of hydrogen-bond donors (Lipinski definition) is 2. The van der Waals surface area contributed by atoms with E-state index in [1.807, 2.05) is 30.0 Å². The minimum atomic E-state index is -0.206. The lowest BCUT2D eigenvalue weighted by Crippen LogP contribution is -2.40. The van der Waals surface area contributed by atoms with Gasteiger partial charge in [0.2, 0.25) is 5.91 Å². The molecular formula is C20H26N4O2. The smallest absolute Gasteiger partial charge is 0.272 e. The van der Waals surface area contributed by atoms with Gasteiger partial charge in [-0.15, -0.1) is 0 Å². The zero-order valence-corrected chi connectivity index (χ0v) is 15.3. The zero-order valence-electron chi connectivity index (χ0n) is 15.3. The molecule has 1 aromatic carbocycles. The fraction of sp³-hybridized carbons (Fsp3) is 0.550. The van der Waals surface area contributed by atoms with E-state index in [1.165, 1.54) is 25.7 Å². The summed E-state index contributed by atoms with van der Waals surface area (Å²) in [7, 11) is 0. The van der Waals surface area contributed by atoms with Crippen LogP contribution in [0.25, 0.3) is 10.9 Å². The van der Waals surface area contributed by atoms with Crippen LogP contribution in [0.1, 0.15) is 61.0 Å². The number of nitrogens with zero attached hydrogens (tertiary/aromatic N) is 2. The van der Waals surface area contributed by atoms with E-state index in [0.717, 1.165) is 29.3 Å². The predicted octanol–water partition coefficient (Wildman–Crippen LogP) is 2.92. The van der Waals surface area contributed by atoms with Crippen LogP contribution in [-0.4, -0.2) is 45.5 Å². The number of likely N-dealkylation sites (tertiary alicyclic amines) is 1. The largest absolute Gasteiger partial charge is 0.346 e. The van der Waals surface area contributed by atoms with E-state index in [9.17, 15) is 9.59 Å². The monoisotopic (exact) mass is 354 g/mol. The van der Waals surface area contributed by atoms with Gasteiger partial charge in [-0.25, -0.2) is 0 Å². The maximum atomic E-state index is 12.7. The summed E-state index contributed by atoms with van der Waals surface area (Å²) in [5, 5.41) is 10.9. The number of H-pyrrole nitrogens is 1. The van der Waals surface area contributed by atoms with Gasteiger partial charge in [-0.1, -0.05) is 37.3 Å².